The molecule has 22 heavy (non-hydrogen) atoms. The third-order valence-corrected chi connectivity index (χ3v) is 5.39. The van der Waals surface area contributed by atoms with E-state index in [1.54, 1.807) is 24.1 Å². The summed E-state index contributed by atoms with van der Waals surface area (Å²) in [6.45, 7) is 3.61. The summed E-state index contributed by atoms with van der Waals surface area (Å²) in [5.74, 6) is 0.106. The van der Waals surface area contributed by atoms with Crippen molar-refractivity contribution in [2.45, 2.75) is 25.3 Å². The van der Waals surface area contributed by atoms with Crippen LogP contribution >= 0.6 is 0 Å². The van der Waals surface area contributed by atoms with Crippen molar-refractivity contribution in [3.05, 3.63) is 18.0 Å². The van der Waals surface area contributed by atoms with Crippen molar-refractivity contribution in [2.75, 3.05) is 40.4 Å². The van der Waals surface area contributed by atoms with E-state index in [2.05, 4.69) is 17.0 Å². The molecule has 1 spiro atoms. The van der Waals surface area contributed by atoms with Crippen LogP contribution in [0.1, 0.15) is 29.8 Å². The van der Waals surface area contributed by atoms with Gasteiger partial charge < -0.3 is 14.5 Å². The highest BCUT2D eigenvalue weighted by molar-refractivity contribution is 5.92. The van der Waals surface area contributed by atoms with Crippen molar-refractivity contribution in [3.63, 3.8) is 0 Å². The maximum atomic E-state index is 12.6. The third kappa shape index (κ3) is 2.77. The number of likely N-dealkylation sites (tertiary alicyclic amines) is 2. The molecule has 0 unspecified atom stereocenters. The van der Waals surface area contributed by atoms with Gasteiger partial charge in [-0.1, -0.05) is 0 Å². The van der Waals surface area contributed by atoms with Crippen molar-refractivity contribution in [3.8, 4) is 0 Å². The normalized spacial score (nSPS) is 25.0. The fourth-order valence-corrected chi connectivity index (χ4v) is 4.05. The highest BCUT2D eigenvalue weighted by Gasteiger charge is 2.44. The van der Waals surface area contributed by atoms with Gasteiger partial charge in [0.1, 0.15) is 5.69 Å². The summed E-state index contributed by atoms with van der Waals surface area (Å²) < 4.78 is 6.99. The number of hydrogen-bond acceptors (Lipinski definition) is 4. The number of hydrogen-bond donors (Lipinski definition) is 0. The summed E-state index contributed by atoms with van der Waals surface area (Å²) in [5, 5.41) is 4.09. The Labute approximate surface area is 132 Å². The number of aryl methyl sites for hydroxylation is 1. The number of piperidine rings is 1. The summed E-state index contributed by atoms with van der Waals surface area (Å²) in [6.07, 6.45) is 5.04. The topological polar surface area (TPSA) is 50.6 Å². The zero-order valence-electron chi connectivity index (χ0n) is 13.8. The molecule has 2 saturated heterocycles. The Morgan fingerprint density at radius 3 is 2.73 bits per heavy atom. The first-order valence-electron chi connectivity index (χ1n) is 8.01. The number of methoxy groups -OCH3 is 1. The molecule has 0 bridgehead atoms. The molecule has 0 radical (unpaired) electrons. The second-order valence-electron chi connectivity index (χ2n) is 6.86. The van der Waals surface area contributed by atoms with Crippen LogP contribution in [0.5, 0.6) is 0 Å². The van der Waals surface area contributed by atoms with Gasteiger partial charge >= 0.3 is 0 Å². The molecule has 0 aliphatic carbocycles. The Hall–Kier alpha value is -1.40. The molecule has 122 valence electrons. The van der Waals surface area contributed by atoms with Crippen LogP contribution in [0.25, 0.3) is 0 Å². The van der Waals surface area contributed by atoms with E-state index in [0.29, 0.717) is 17.2 Å². The van der Waals surface area contributed by atoms with Crippen molar-refractivity contribution in [1.82, 2.24) is 19.6 Å². The first-order valence-corrected chi connectivity index (χ1v) is 8.01. The lowest BCUT2D eigenvalue weighted by Gasteiger charge is -2.39. The maximum absolute atomic E-state index is 12.6. The monoisotopic (exact) mass is 306 g/mol. The van der Waals surface area contributed by atoms with Crippen LogP contribution in [-0.4, -0.2) is 71.9 Å². The molecule has 1 atom stereocenters. The smallest absolute Gasteiger partial charge is 0.272 e. The summed E-state index contributed by atoms with van der Waals surface area (Å²) in [7, 11) is 5.78. The standard InChI is InChI=1S/C16H26N4O2/c1-18-12-16(10-13(18)11-22-3)5-8-20(9-6-16)15(21)14-4-7-17-19(14)2/h4,7,13H,5-6,8-12H2,1-3H3/t13-/m1/s1. The molecule has 2 fully saturated rings. The van der Waals surface area contributed by atoms with Crippen LogP contribution in [-0.2, 0) is 11.8 Å². The number of carbonyl (C=O) groups is 1. The molecule has 0 aromatic carbocycles. The molecule has 1 aromatic heterocycles. The van der Waals surface area contributed by atoms with Crippen molar-refractivity contribution >= 4 is 5.91 Å². The van der Waals surface area contributed by atoms with Gasteiger partial charge in [-0.25, -0.2) is 0 Å². The molecule has 3 rings (SSSR count). The van der Waals surface area contributed by atoms with E-state index >= 15 is 0 Å². The van der Waals surface area contributed by atoms with Gasteiger partial charge in [-0.15, -0.1) is 0 Å². The molecule has 6 nitrogen and oxygen atoms in total. The highest BCUT2D eigenvalue weighted by Crippen LogP contribution is 2.42. The minimum absolute atomic E-state index is 0.106. The molecule has 0 saturated carbocycles. The number of carbonyl (C=O) groups excluding carboxylic acids is 1. The van der Waals surface area contributed by atoms with E-state index in [1.165, 1.54) is 6.42 Å². The number of rotatable bonds is 3. The Morgan fingerprint density at radius 1 is 1.41 bits per heavy atom. The summed E-state index contributed by atoms with van der Waals surface area (Å²) in [5.41, 5.74) is 1.04. The fraction of sp³-hybridized carbons (Fsp3) is 0.750. The Bertz CT molecular complexity index is 534. The van der Waals surface area contributed by atoms with Gasteiger partial charge in [-0.05, 0) is 37.8 Å². The van der Waals surface area contributed by atoms with Gasteiger partial charge in [0.2, 0.25) is 0 Å². The largest absolute Gasteiger partial charge is 0.383 e. The quantitative estimate of drug-likeness (QED) is 0.836. The van der Waals surface area contributed by atoms with Crippen LogP contribution in [0.3, 0.4) is 0 Å². The van der Waals surface area contributed by atoms with Gasteiger partial charge in [-0.3, -0.25) is 9.48 Å². The predicted octanol–water partition coefficient (Wildman–Crippen LogP) is 0.993. The van der Waals surface area contributed by atoms with Crippen molar-refractivity contribution in [1.29, 1.82) is 0 Å². The van der Waals surface area contributed by atoms with E-state index in [4.69, 9.17) is 4.74 Å². The van der Waals surface area contributed by atoms with Crippen LogP contribution < -0.4 is 0 Å². The van der Waals surface area contributed by atoms with E-state index in [9.17, 15) is 4.79 Å². The highest BCUT2D eigenvalue weighted by atomic mass is 16.5. The number of nitrogens with zero attached hydrogens (tertiary/aromatic N) is 4. The van der Waals surface area contributed by atoms with Crippen molar-refractivity contribution in [2.24, 2.45) is 12.5 Å². The van der Waals surface area contributed by atoms with Gasteiger partial charge in [0.05, 0.1) is 6.61 Å². The second kappa shape index (κ2) is 6.01. The van der Waals surface area contributed by atoms with Gasteiger partial charge in [0.25, 0.3) is 5.91 Å². The first-order chi connectivity index (χ1) is 10.5. The van der Waals surface area contributed by atoms with Gasteiger partial charge in [0.15, 0.2) is 0 Å². The maximum Gasteiger partial charge on any atom is 0.272 e. The average molecular weight is 306 g/mol. The Balaban J connectivity index is 1.61. The van der Waals surface area contributed by atoms with Gasteiger partial charge in [-0.2, -0.15) is 5.10 Å². The molecule has 3 heterocycles. The molecular formula is C16H26N4O2. The lowest BCUT2D eigenvalue weighted by molar-refractivity contribution is 0.0581. The van der Waals surface area contributed by atoms with E-state index in [-0.39, 0.29) is 5.91 Å². The zero-order chi connectivity index (χ0) is 15.7. The molecule has 1 aromatic rings. The average Bonchev–Trinajstić information content (AvgIpc) is 3.04. The molecule has 6 heteroatoms. The van der Waals surface area contributed by atoms with Crippen LogP contribution in [0.15, 0.2) is 12.3 Å². The molecule has 2 aliphatic rings. The minimum atomic E-state index is 0.106. The number of amides is 1. The van der Waals surface area contributed by atoms with Gasteiger partial charge in [0, 0.05) is 46.0 Å². The molecule has 2 aliphatic heterocycles. The van der Waals surface area contributed by atoms with E-state index in [1.807, 2.05) is 11.9 Å². The van der Waals surface area contributed by atoms with E-state index < -0.39 is 0 Å². The lowest BCUT2D eigenvalue weighted by Crippen LogP contribution is -2.44. The number of aromatic nitrogens is 2. The fourth-order valence-electron chi connectivity index (χ4n) is 4.05. The molecular weight excluding hydrogens is 280 g/mol. The van der Waals surface area contributed by atoms with Crippen LogP contribution in [0.2, 0.25) is 0 Å². The first kappa shape index (κ1) is 15.5. The lowest BCUT2D eigenvalue weighted by atomic mass is 9.76. The summed E-state index contributed by atoms with van der Waals surface area (Å²) >= 11 is 0. The van der Waals surface area contributed by atoms with Crippen molar-refractivity contribution < 1.29 is 9.53 Å². The third-order valence-electron chi connectivity index (χ3n) is 5.39. The van der Waals surface area contributed by atoms with E-state index in [0.717, 1.165) is 39.1 Å². The number of ether oxygens (including phenoxy) is 1. The Kier molecular flexibility index (Phi) is 4.23. The summed E-state index contributed by atoms with van der Waals surface area (Å²) in [6, 6.07) is 2.31. The number of likely N-dealkylation sites (N-methyl/N-ethyl adjacent to an activating group) is 1. The van der Waals surface area contributed by atoms with Crippen LogP contribution in [0.4, 0.5) is 0 Å². The SMILES string of the molecule is COC[C@H]1CC2(CCN(C(=O)c3ccnn3C)CC2)CN1C. The molecule has 1 amide bonds. The molecule has 0 N–H and O–H groups in total. The minimum Gasteiger partial charge on any atom is -0.383 e. The summed E-state index contributed by atoms with van der Waals surface area (Å²) in [4.78, 5) is 16.9. The van der Waals surface area contributed by atoms with Crippen LogP contribution in [0, 0.1) is 5.41 Å². The Morgan fingerprint density at radius 2 is 2.14 bits per heavy atom. The zero-order valence-corrected chi connectivity index (χ0v) is 13.8. The predicted molar refractivity (Wildman–Crippen MR) is 83.7 cm³/mol. The second-order valence-corrected chi connectivity index (χ2v) is 6.86.